The van der Waals surface area contributed by atoms with Crippen LogP contribution >= 0.6 is 15.9 Å². The second-order valence-corrected chi connectivity index (χ2v) is 6.53. The topological polar surface area (TPSA) is 86.2 Å². The predicted molar refractivity (Wildman–Crippen MR) is 88.6 cm³/mol. The van der Waals surface area contributed by atoms with Gasteiger partial charge in [-0.25, -0.2) is 0 Å². The minimum absolute atomic E-state index is 0.342. The van der Waals surface area contributed by atoms with Gasteiger partial charge in [-0.15, -0.1) is 0 Å². The molecule has 1 aliphatic rings. The number of hydrogen-bond acceptors (Lipinski definition) is 7. The number of halogens is 1. The van der Waals surface area contributed by atoms with E-state index in [0.717, 1.165) is 40.4 Å². The molecule has 7 nitrogen and oxygen atoms in total. The van der Waals surface area contributed by atoms with E-state index in [1.54, 1.807) is 0 Å². The van der Waals surface area contributed by atoms with Gasteiger partial charge in [0.1, 0.15) is 23.8 Å². The fourth-order valence-electron chi connectivity index (χ4n) is 2.38. The standard InChI is InChI=1S/C16H15BrN4O3/c1-9-4-12(20-23-9)8-22-14-3-2-10(5-13(14)17)16-19-15(21-24-16)11-6-18-7-11/h2-5,11,18H,6-8H2,1H3. The normalized spacial score (nSPS) is 14.6. The number of aromatic nitrogens is 3. The Bertz CT molecular complexity index is 857. The molecule has 124 valence electrons. The van der Waals surface area contributed by atoms with Crippen molar-refractivity contribution in [3.63, 3.8) is 0 Å². The molecule has 4 rings (SSSR count). The van der Waals surface area contributed by atoms with E-state index in [1.165, 1.54) is 0 Å². The lowest BCUT2D eigenvalue weighted by atomic mass is 10.0. The van der Waals surface area contributed by atoms with E-state index in [2.05, 4.69) is 36.5 Å². The number of hydrogen-bond donors (Lipinski definition) is 1. The molecular formula is C16H15BrN4O3. The van der Waals surface area contributed by atoms with Crippen LogP contribution in [0, 0.1) is 6.92 Å². The first-order chi connectivity index (χ1) is 11.7. The second kappa shape index (κ2) is 6.37. The number of rotatable bonds is 5. The highest BCUT2D eigenvalue weighted by atomic mass is 79.9. The first-order valence-electron chi connectivity index (χ1n) is 7.58. The Morgan fingerprint density at radius 1 is 1.25 bits per heavy atom. The van der Waals surface area contributed by atoms with Gasteiger partial charge >= 0.3 is 0 Å². The smallest absolute Gasteiger partial charge is 0.257 e. The fourth-order valence-corrected chi connectivity index (χ4v) is 2.87. The highest BCUT2D eigenvalue weighted by Gasteiger charge is 2.24. The SMILES string of the molecule is Cc1cc(COc2ccc(-c3nc(C4CNC4)no3)cc2Br)no1. The third-order valence-corrected chi connectivity index (χ3v) is 4.44. The largest absolute Gasteiger partial charge is 0.486 e. The van der Waals surface area contributed by atoms with Crippen LogP contribution < -0.4 is 10.1 Å². The maximum atomic E-state index is 5.75. The quantitative estimate of drug-likeness (QED) is 0.715. The van der Waals surface area contributed by atoms with E-state index in [0.29, 0.717) is 24.2 Å². The lowest BCUT2D eigenvalue weighted by Crippen LogP contribution is -2.40. The Labute approximate surface area is 146 Å². The number of benzene rings is 1. The van der Waals surface area contributed by atoms with Gasteiger partial charge in [0.15, 0.2) is 5.82 Å². The van der Waals surface area contributed by atoms with Gasteiger partial charge in [0.05, 0.1) is 4.47 Å². The van der Waals surface area contributed by atoms with Crippen molar-refractivity contribution in [2.75, 3.05) is 13.1 Å². The van der Waals surface area contributed by atoms with Crippen LogP contribution in [0.3, 0.4) is 0 Å². The van der Waals surface area contributed by atoms with Crippen LogP contribution in [0.25, 0.3) is 11.5 Å². The van der Waals surface area contributed by atoms with Crippen molar-refractivity contribution in [1.29, 1.82) is 0 Å². The van der Waals surface area contributed by atoms with Gasteiger partial charge in [-0.2, -0.15) is 4.98 Å². The molecule has 2 aromatic heterocycles. The summed E-state index contributed by atoms with van der Waals surface area (Å²) in [6.07, 6.45) is 0. The van der Waals surface area contributed by atoms with Crippen LogP contribution in [0.1, 0.15) is 23.2 Å². The third kappa shape index (κ3) is 3.07. The van der Waals surface area contributed by atoms with Crippen LogP contribution in [0.15, 0.2) is 37.8 Å². The van der Waals surface area contributed by atoms with Crippen molar-refractivity contribution in [2.24, 2.45) is 0 Å². The monoisotopic (exact) mass is 390 g/mol. The van der Waals surface area contributed by atoms with Crippen molar-refractivity contribution in [2.45, 2.75) is 19.4 Å². The summed E-state index contributed by atoms with van der Waals surface area (Å²) in [7, 11) is 0. The molecular weight excluding hydrogens is 376 g/mol. The second-order valence-electron chi connectivity index (χ2n) is 5.68. The lowest BCUT2D eigenvalue weighted by molar-refractivity contribution is 0.286. The summed E-state index contributed by atoms with van der Waals surface area (Å²) in [6, 6.07) is 7.50. The molecule has 3 aromatic rings. The maximum absolute atomic E-state index is 5.75. The molecule has 0 saturated carbocycles. The van der Waals surface area contributed by atoms with E-state index in [9.17, 15) is 0 Å². The molecule has 3 heterocycles. The molecule has 1 aliphatic heterocycles. The number of nitrogens with one attached hydrogen (secondary N) is 1. The summed E-state index contributed by atoms with van der Waals surface area (Å²) in [6.45, 7) is 3.99. The molecule has 1 saturated heterocycles. The molecule has 0 bridgehead atoms. The molecule has 0 amide bonds. The Morgan fingerprint density at radius 3 is 2.79 bits per heavy atom. The maximum Gasteiger partial charge on any atom is 0.257 e. The van der Waals surface area contributed by atoms with Crippen LogP contribution in [0.4, 0.5) is 0 Å². The Hall–Kier alpha value is -2.19. The van der Waals surface area contributed by atoms with Crippen molar-refractivity contribution in [3.05, 3.63) is 46.0 Å². The molecule has 0 spiro atoms. The van der Waals surface area contributed by atoms with E-state index in [1.807, 2.05) is 31.2 Å². The highest BCUT2D eigenvalue weighted by Crippen LogP contribution is 2.31. The van der Waals surface area contributed by atoms with Gasteiger partial charge in [0, 0.05) is 30.6 Å². The molecule has 0 unspecified atom stereocenters. The van der Waals surface area contributed by atoms with E-state index < -0.39 is 0 Å². The summed E-state index contributed by atoms with van der Waals surface area (Å²) in [5, 5.41) is 11.2. The van der Waals surface area contributed by atoms with Crippen molar-refractivity contribution in [3.8, 4) is 17.2 Å². The van der Waals surface area contributed by atoms with Crippen LogP contribution in [-0.2, 0) is 6.61 Å². The average molecular weight is 391 g/mol. The summed E-state index contributed by atoms with van der Waals surface area (Å²) in [5.41, 5.74) is 1.59. The molecule has 1 N–H and O–H groups in total. The molecule has 0 radical (unpaired) electrons. The molecule has 24 heavy (non-hydrogen) atoms. The van der Waals surface area contributed by atoms with E-state index >= 15 is 0 Å². The average Bonchev–Trinajstić information content (AvgIpc) is 3.14. The van der Waals surface area contributed by atoms with Crippen molar-refractivity contribution < 1.29 is 13.8 Å². The summed E-state index contributed by atoms with van der Waals surface area (Å²) in [5.74, 6) is 3.08. The third-order valence-electron chi connectivity index (χ3n) is 3.82. The number of ether oxygens (including phenoxy) is 1. The molecule has 1 aromatic carbocycles. The Kier molecular flexibility index (Phi) is 4.07. The molecule has 0 aliphatic carbocycles. The van der Waals surface area contributed by atoms with Gasteiger partial charge in [-0.1, -0.05) is 10.3 Å². The van der Waals surface area contributed by atoms with Crippen LogP contribution in [0.2, 0.25) is 0 Å². The number of nitrogens with zero attached hydrogens (tertiary/aromatic N) is 3. The summed E-state index contributed by atoms with van der Waals surface area (Å²) < 4.78 is 16.9. The van der Waals surface area contributed by atoms with Gasteiger partial charge in [-0.05, 0) is 41.1 Å². The minimum atomic E-state index is 0.342. The zero-order valence-electron chi connectivity index (χ0n) is 13.0. The van der Waals surface area contributed by atoms with Crippen LogP contribution in [-0.4, -0.2) is 28.4 Å². The Balaban J connectivity index is 1.47. The summed E-state index contributed by atoms with van der Waals surface area (Å²) >= 11 is 3.52. The zero-order valence-corrected chi connectivity index (χ0v) is 14.5. The van der Waals surface area contributed by atoms with Gasteiger partial charge < -0.3 is 19.1 Å². The van der Waals surface area contributed by atoms with Crippen LogP contribution in [0.5, 0.6) is 5.75 Å². The van der Waals surface area contributed by atoms with E-state index in [-0.39, 0.29) is 0 Å². The zero-order chi connectivity index (χ0) is 16.5. The van der Waals surface area contributed by atoms with Gasteiger partial charge in [0.2, 0.25) is 0 Å². The number of aryl methyl sites for hydroxylation is 1. The first kappa shape index (κ1) is 15.3. The first-order valence-corrected chi connectivity index (χ1v) is 8.37. The Morgan fingerprint density at radius 2 is 2.12 bits per heavy atom. The van der Waals surface area contributed by atoms with E-state index in [4.69, 9.17) is 13.8 Å². The van der Waals surface area contributed by atoms with Crippen molar-refractivity contribution in [1.82, 2.24) is 20.6 Å². The van der Waals surface area contributed by atoms with Gasteiger partial charge in [-0.3, -0.25) is 0 Å². The molecule has 0 atom stereocenters. The highest BCUT2D eigenvalue weighted by molar-refractivity contribution is 9.10. The van der Waals surface area contributed by atoms with Crippen molar-refractivity contribution >= 4 is 15.9 Å². The lowest BCUT2D eigenvalue weighted by Gasteiger charge is -2.23. The van der Waals surface area contributed by atoms with Gasteiger partial charge in [0.25, 0.3) is 5.89 Å². The minimum Gasteiger partial charge on any atom is -0.486 e. The molecule has 8 heteroatoms. The molecule has 1 fully saturated rings. The fraction of sp³-hybridized carbons (Fsp3) is 0.312. The summed E-state index contributed by atoms with van der Waals surface area (Å²) in [4.78, 5) is 4.47. The predicted octanol–water partition coefficient (Wildman–Crippen LogP) is 3.06.